The van der Waals surface area contributed by atoms with Crippen LogP contribution in [-0.4, -0.2) is 30.5 Å². The Balaban J connectivity index is 2.20. The van der Waals surface area contributed by atoms with Crippen molar-refractivity contribution in [2.75, 3.05) is 18.6 Å². The predicted molar refractivity (Wildman–Crippen MR) is 115 cm³/mol. The lowest BCUT2D eigenvalue weighted by Gasteiger charge is -2.27. The minimum Gasteiger partial charge on any atom is -0.503 e. The Labute approximate surface area is 185 Å². The van der Waals surface area contributed by atoms with Gasteiger partial charge in [-0.1, -0.05) is 19.9 Å². The first-order valence-corrected chi connectivity index (χ1v) is 10.2. The molecule has 0 aromatic heterocycles. The predicted octanol–water partition coefficient (Wildman–Crippen LogP) is 4.89. The van der Waals surface area contributed by atoms with Crippen molar-refractivity contribution in [2.24, 2.45) is 5.92 Å². The highest BCUT2D eigenvalue weighted by Gasteiger charge is 2.44. The largest absolute Gasteiger partial charge is 0.503 e. The van der Waals surface area contributed by atoms with E-state index in [-0.39, 0.29) is 23.6 Å². The molecule has 1 aliphatic heterocycles. The summed E-state index contributed by atoms with van der Waals surface area (Å²) in [6.45, 7) is 5.82. The first-order valence-electron chi connectivity index (χ1n) is 10.2. The Morgan fingerprint density at radius 1 is 1.12 bits per heavy atom. The molecule has 1 amide bonds. The maximum atomic E-state index is 14.0. The normalized spacial score (nSPS) is 16.2. The van der Waals surface area contributed by atoms with Gasteiger partial charge in [-0.15, -0.1) is 0 Å². The molecule has 0 fully saturated rings. The minimum absolute atomic E-state index is 0.00609. The highest BCUT2D eigenvalue weighted by atomic mass is 19.2. The van der Waals surface area contributed by atoms with Crippen molar-refractivity contribution in [1.29, 1.82) is 0 Å². The summed E-state index contributed by atoms with van der Waals surface area (Å²) in [4.78, 5) is 27.1. The number of ketones is 1. The SMILES string of the molecule is CCOc1cc(C2C(C(=O)CC(C)C)=C(O)C(=O)N2c2ccc(F)c(F)c2)ccc1OC. The average Bonchev–Trinajstić information content (AvgIpc) is 3.01. The second kappa shape index (κ2) is 9.38. The molecule has 0 aliphatic carbocycles. The lowest BCUT2D eigenvalue weighted by molar-refractivity contribution is -0.118. The number of hydrogen-bond donors (Lipinski definition) is 1. The monoisotopic (exact) mass is 445 g/mol. The number of rotatable bonds is 8. The number of aliphatic hydroxyl groups is 1. The van der Waals surface area contributed by atoms with Crippen LogP contribution >= 0.6 is 0 Å². The van der Waals surface area contributed by atoms with Gasteiger partial charge < -0.3 is 14.6 Å². The minimum atomic E-state index is -1.15. The van der Waals surface area contributed by atoms with Gasteiger partial charge in [0.2, 0.25) is 0 Å². The lowest BCUT2D eigenvalue weighted by Crippen LogP contribution is -2.31. The van der Waals surface area contributed by atoms with E-state index in [0.717, 1.165) is 17.0 Å². The number of amides is 1. The Bertz CT molecular complexity index is 1080. The highest BCUT2D eigenvalue weighted by molar-refractivity contribution is 6.16. The summed E-state index contributed by atoms with van der Waals surface area (Å²) in [6.07, 6.45) is 0.100. The van der Waals surface area contributed by atoms with E-state index >= 15 is 0 Å². The second-order valence-electron chi connectivity index (χ2n) is 7.80. The molecule has 0 radical (unpaired) electrons. The number of ether oxygens (including phenoxy) is 2. The van der Waals surface area contributed by atoms with Crippen LogP contribution in [0.4, 0.5) is 14.5 Å². The topological polar surface area (TPSA) is 76.1 Å². The molecule has 8 heteroatoms. The number of halogens is 2. The zero-order valence-electron chi connectivity index (χ0n) is 18.3. The van der Waals surface area contributed by atoms with Crippen LogP contribution in [0.15, 0.2) is 47.7 Å². The van der Waals surface area contributed by atoms with E-state index in [1.807, 2.05) is 13.8 Å². The smallest absolute Gasteiger partial charge is 0.294 e. The van der Waals surface area contributed by atoms with E-state index in [1.54, 1.807) is 25.1 Å². The molecule has 2 aromatic carbocycles. The number of anilines is 1. The van der Waals surface area contributed by atoms with Crippen LogP contribution in [0.2, 0.25) is 0 Å². The highest BCUT2D eigenvalue weighted by Crippen LogP contribution is 2.44. The van der Waals surface area contributed by atoms with Gasteiger partial charge in [-0.05, 0) is 42.7 Å². The third-order valence-corrected chi connectivity index (χ3v) is 5.09. The van der Waals surface area contributed by atoms with Gasteiger partial charge in [-0.25, -0.2) is 8.78 Å². The Kier molecular flexibility index (Phi) is 6.81. The lowest BCUT2D eigenvalue weighted by atomic mass is 9.91. The molecule has 32 heavy (non-hydrogen) atoms. The fourth-order valence-electron chi connectivity index (χ4n) is 3.72. The van der Waals surface area contributed by atoms with Gasteiger partial charge in [0.15, 0.2) is 34.7 Å². The maximum Gasteiger partial charge on any atom is 0.294 e. The zero-order chi connectivity index (χ0) is 23.6. The molecule has 0 saturated heterocycles. The van der Waals surface area contributed by atoms with Crippen LogP contribution in [0.5, 0.6) is 11.5 Å². The van der Waals surface area contributed by atoms with Gasteiger partial charge in [-0.2, -0.15) is 0 Å². The summed E-state index contributed by atoms with van der Waals surface area (Å²) in [5, 5.41) is 10.6. The summed E-state index contributed by atoms with van der Waals surface area (Å²) in [6, 6.07) is 6.77. The van der Waals surface area contributed by atoms with Crippen LogP contribution in [0.3, 0.4) is 0 Å². The summed E-state index contributed by atoms with van der Waals surface area (Å²) >= 11 is 0. The molecule has 2 aromatic rings. The quantitative estimate of drug-likeness (QED) is 0.626. The van der Waals surface area contributed by atoms with E-state index in [4.69, 9.17) is 9.47 Å². The third-order valence-electron chi connectivity index (χ3n) is 5.09. The molecule has 1 atom stereocenters. The summed E-state index contributed by atoms with van der Waals surface area (Å²) in [7, 11) is 1.48. The van der Waals surface area contributed by atoms with E-state index in [9.17, 15) is 23.5 Å². The van der Waals surface area contributed by atoms with Gasteiger partial charge in [0, 0.05) is 18.2 Å². The van der Waals surface area contributed by atoms with Crippen molar-refractivity contribution in [3.05, 3.63) is 64.9 Å². The Morgan fingerprint density at radius 3 is 2.44 bits per heavy atom. The molecular formula is C24H25F2NO5. The van der Waals surface area contributed by atoms with Crippen LogP contribution in [-0.2, 0) is 9.59 Å². The molecular weight excluding hydrogens is 420 g/mol. The zero-order valence-corrected chi connectivity index (χ0v) is 18.3. The van der Waals surface area contributed by atoms with E-state index in [2.05, 4.69) is 0 Å². The molecule has 0 spiro atoms. The molecule has 170 valence electrons. The fourth-order valence-corrected chi connectivity index (χ4v) is 3.72. The number of aliphatic hydroxyl groups excluding tert-OH is 1. The van der Waals surface area contributed by atoms with Crippen molar-refractivity contribution in [1.82, 2.24) is 0 Å². The van der Waals surface area contributed by atoms with Gasteiger partial charge in [0.1, 0.15) is 0 Å². The molecule has 1 unspecified atom stereocenters. The molecule has 6 nitrogen and oxygen atoms in total. The molecule has 1 heterocycles. The number of carbonyl (C=O) groups excluding carboxylic acids is 2. The van der Waals surface area contributed by atoms with Crippen molar-refractivity contribution >= 4 is 17.4 Å². The standard InChI is InChI=1S/C24H25F2NO5/c1-5-32-20-11-14(6-9-19(20)31-4)22-21(18(28)10-13(2)3)23(29)24(30)27(22)15-7-8-16(25)17(26)12-15/h6-9,11-13,22,29H,5,10H2,1-4H3. The third kappa shape index (κ3) is 4.30. The fraction of sp³-hybridized carbons (Fsp3) is 0.333. The number of methoxy groups -OCH3 is 1. The summed E-state index contributed by atoms with van der Waals surface area (Å²) < 4.78 is 38.4. The van der Waals surface area contributed by atoms with Crippen molar-refractivity contribution in [3.63, 3.8) is 0 Å². The van der Waals surface area contributed by atoms with Gasteiger partial charge in [0.05, 0.1) is 25.3 Å². The first kappa shape index (κ1) is 23.2. The van der Waals surface area contributed by atoms with Gasteiger partial charge >= 0.3 is 0 Å². The van der Waals surface area contributed by atoms with Crippen molar-refractivity contribution in [2.45, 2.75) is 33.2 Å². The molecule has 0 bridgehead atoms. The number of hydrogen-bond acceptors (Lipinski definition) is 5. The molecule has 3 rings (SSSR count). The van der Waals surface area contributed by atoms with Gasteiger partial charge in [-0.3, -0.25) is 14.5 Å². The Hall–Kier alpha value is -3.42. The molecule has 1 N–H and O–H groups in total. The maximum absolute atomic E-state index is 14.0. The van der Waals surface area contributed by atoms with Crippen LogP contribution in [0.25, 0.3) is 0 Å². The van der Waals surface area contributed by atoms with Crippen LogP contribution < -0.4 is 14.4 Å². The van der Waals surface area contributed by atoms with Crippen molar-refractivity contribution < 1.29 is 33.0 Å². The summed E-state index contributed by atoms with van der Waals surface area (Å²) in [5.41, 5.74) is 0.358. The van der Waals surface area contributed by atoms with E-state index in [0.29, 0.717) is 23.7 Å². The molecule has 1 aliphatic rings. The van der Waals surface area contributed by atoms with Crippen LogP contribution in [0, 0.1) is 17.6 Å². The number of benzene rings is 2. The summed E-state index contributed by atoms with van der Waals surface area (Å²) in [5.74, 6) is -3.41. The average molecular weight is 445 g/mol. The first-order chi connectivity index (χ1) is 15.2. The number of Topliss-reactive ketones (excluding diaryl/α,β-unsaturated/α-hetero) is 1. The Morgan fingerprint density at radius 2 is 1.84 bits per heavy atom. The van der Waals surface area contributed by atoms with Gasteiger partial charge in [0.25, 0.3) is 5.91 Å². The van der Waals surface area contributed by atoms with E-state index in [1.165, 1.54) is 13.2 Å². The van der Waals surface area contributed by atoms with E-state index < -0.39 is 35.1 Å². The number of nitrogens with zero attached hydrogens (tertiary/aromatic N) is 1. The number of carbonyl (C=O) groups is 2. The van der Waals surface area contributed by atoms with Crippen molar-refractivity contribution in [3.8, 4) is 11.5 Å². The van der Waals surface area contributed by atoms with Crippen LogP contribution in [0.1, 0.15) is 38.8 Å². The second-order valence-corrected chi connectivity index (χ2v) is 7.80. The molecule has 0 saturated carbocycles.